The molecule has 2 N–H and O–H groups in total. The summed E-state index contributed by atoms with van der Waals surface area (Å²) in [5.74, 6) is 0.549. The van der Waals surface area contributed by atoms with Gasteiger partial charge in [0.1, 0.15) is 11.7 Å². The highest BCUT2D eigenvalue weighted by molar-refractivity contribution is 7.89. The number of amidine groups is 1. The first kappa shape index (κ1) is 24.6. The third-order valence-corrected chi connectivity index (χ3v) is 8.29. The summed E-state index contributed by atoms with van der Waals surface area (Å²) < 4.78 is 42.1. The highest BCUT2D eigenvalue weighted by atomic mass is 35.5. The van der Waals surface area contributed by atoms with Gasteiger partial charge in [0.15, 0.2) is 0 Å². The Hall–Kier alpha value is -2.00. The van der Waals surface area contributed by atoms with Crippen LogP contribution in [0, 0.1) is 19.7 Å². The smallest absolute Gasteiger partial charge is 0.243 e. The number of sulfonamides is 1. The molecule has 0 saturated carbocycles. The quantitative estimate of drug-likeness (QED) is 0.705. The SMILES string of the molecule is Cc1ccc(S(=O)(=O)N2CCC3(CC2)NCCN=C3NCc2ccccc2F)c(C)c1.Cl. The van der Waals surface area contributed by atoms with Crippen LogP contribution in [0.3, 0.4) is 0 Å². The van der Waals surface area contributed by atoms with Crippen LogP contribution in [0.1, 0.15) is 29.5 Å². The van der Waals surface area contributed by atoms with E-state index >= 15 is 0 Å². The third kappa shape index (κ3) is 4.83. The molecule has 1 saturated heterocycles. The molecule has 9 heteroatoms. The van der Waals surface area contributed by atoms with E-state index in [1.165, 1.54) is 6.07 Å². The van der Waals surface area contributed by atoms with E-state index < -0.39 is 15.6 Å². The number of piperidine rings is 1. The van der Waals surface area contributed by atoms with Gasteiger partial charge in [0.25, 0.3) is 0 Å². The van der Waals surface area contributed by atoms with Gasteiger partial charge in [-0.05, 0) is 44.4 Å². The molecule has 1 fully saturated rings. The number of nitrogens with zero attached hydrogens (tertiary/aromatic N) is 2. The van der Waals surface area contributed by atoms with Crippen molar-refractivity contribution in [3.05, 3.63) is 65.0 Å². The highest BCUT2D eigenvalue weighted by Gasteiger charge is 2.43. The largest absolute Gasteiger partial charge is 0.368 e. The minimum Gasteiger partial charge on any atom is -0.368 e. The van der Waals surface area contributed by atoms with Crippen molar-refractivity contribution < 1.29 is 12.8 Å². The lowest BCUT2D eigenvalue weighted by Crippen LogP contribution is -2.64. The molecule has 2 aliphatic rings. The van der Waals surface area contributed by atoms with Crippen molar-refractivity contribution in [3.8, 4) is 0 Å². The van der Waals surface area contributed by atoms with Crippen LogP contribution in [0.25, 0.3) is 0 Å². The number of halogens is 2. The lowest BCUT2D eigenvalue weighted by Gasteiger charge is -2.44. The Bertz CT molecular complexity index is 1100. The predicted octanol–water partition coefficient (Wildman–Crippen LogP) is 3.18. The molecule has 2 aliphatic heterocycles. The van der Waals surface area contributed by atoms with Gasteiger partial charge >= 0.3 is 0 Å². The second-order valence-corrected chi connectivity index (χ2v) is 10.3. The van der Waals surface area contributed by atoms with Gasteiger partial charge < -0.3 is 10.6 Å². The minimum absolute atomic E-state index is 0. The molecule has 174 valence electrons. The van der Waals surface area contributed by atoms with Crippen molar-refractivity contribution in [2.45, 2.75) is 43.7 Å². The molecular weight excluding hydrogens is 451 g/mol. The average Bonchev–Trinajstić information content (AvgIpc) is 2.74. The maximum absolute atomic E-state index is 14.0. The summed E-state index contributed by atoms with van der Waals surface area (Å²) in [4.78, 5) is 5.05. The van der Waals surface area contributed by atoms with Crippen LogP contribution < -0.4 is 10.6 Å². The highest BCUT2D eigenvalue weighted by Crippen LogP contribution is 2.30. The first-order valence-electron chi connectivity index (χ1n) is 10.7. The predicted molar refractivity (Wildman–Crippen MR) is 127 cm³/mol. The normalized spacial score (nSPS) is 18.7. The fourth-order valence-corrected chi connectivity index (χ4v) is 6.14. The summed E-state index contributed by atoms with van der Waals surface area (Å²) in [6.45, 7) is 6.34. The molecule has 0 aromatic heterocycles. The van der Waals surface area contributed by atoms with Gasteiger partial charge in [-0.25, -0.2) is 12.8 Å². The zero-order valence-electron chi connectivity index (χ0n) is 18.4. The molecule has 1 spiro atoms. The second kappa shape index (κ2) is 9.87. The third-order valence-electron chi connectivity index (χ3n) is 6.23. The summed E-state index contributed by atoms with van der Waals surface area (Å²) in [6, 6.07) is 12.1. The van der Waals surface area contributed by atoms with Gasteiger partial charge in [0, 0.05) is 31.7 Å². The molecular formula is C23H30ClFN4O2S. The minimum atomic E-state index is -3.55. The Morgan fingerprint density at radius 3 is 2.56 bits per heavy atom. The van der Waals surface area contributed by atoms with E-state index in [0.717, 1.165) is 23.5 Å². The van der Waals surface area contributed by atoms with Crippen molar-refractivity contribution in [2.75, 3.05) is 26.2 Å². The van der Waals surface area contributed by atoms with Crippen molar-refractivity contribution in [2.24, 2.45) is 4.99 Å². The standard InChI is InChI=1S/C23H29FN4O2S.ClH/c1-17-7-8-21(18(2)15-17)31(29,30)28-13-9-23(10-14-28)22(25-11-12-27-23)26-16-19-5-3-4-6-20(19)24;/h3-8,15,27H,9-14,16H2,1-2H3,(H,25,26);1H. The maximum Gasteiger partial charge on any atom is 0.243 e. The number of rotatable bonds is 4. The van der Waals surface area contributed by atoms with E-state index in [-0.39, 0.29) is 18.2 Å². The first-order chi connectivity index (χ1) is 14.8. The zero-order valence-corrected chi connectivity index (χ0v) is 20.0. The van der Waals surface area contributed by atoms with E-state index in [0.29, 0.717) is 49.5 Å². The van der Waals surface area contributed by atoms with Gasteiger partial charge in [0.2, 0.25) is 10.0 Å². The summed E-state index contributed by atoms with van der Waals surface area (Å²) in [6.07, 6.45) is 1.22. The number of nitrogens with one attached hydrogen (secondary N) is 2. The molecule has 0 amide bonds. The Morgan fingerprint density at radius 2 is 1.88 bits per heavy atom. The first-order valence-corrected chi connectivity index (χ1v) is 12.1. The molecule has 0 atom stereocenters. The molecule has 0 unspecified atom stereocenters. The van der Waals surface area contributed by atoms with E-state index in [2.05, 4.69) is 15.6 Å². The number of aliphatic imine (C=N–C) groups is 1. The van der Waals surface area contributed by atoms with Crippen LogP contribution in [0.5, 0.6) is 0 Å². The Kier molecular flexibility index (Phi) is 7.60. The number of hydrogen-bond acceptors (Lipinski definition) is 5. The van der Waals surface area contributed by atoms with Crippen molar-refractivity contribution in [3.63, 3.8) is 0 Å². The van der Waals surface area contributed by atoms with Crippen LogP contribution >= 0.6 is 12.4 Å². The Balaban J connectivity index is 0.00000289. The molecule has 6 nitrogen and oxygen atoms in total. The number of aryl methyl sites for hydroxylation is 2. The topological polar surface area (TPSA) is 73.8 Å². The summed E-state index contributed by atoms with van der Waals surface area (Å²) >= 11 is 0. The number of benzene rings is 2. The van der Waals surface area contributed by atoms with Gasteiger partial charge in [-0.2, -0.15) is 4.31 Å². The average molecular weight is 481 g/mol. The molecule has 2 heterocycles. The van der Waals surface area contributed by atoms with Crippen LogP contribution in [-0.2, 0) is 16.6 Å². The molecule has 0 bridgehead atoms. The molecule has 0 aliphatic carbocycles. The lowest BCUT2D eigenvalue weighted by atomic mass is 9.85. The van der Waals surface area contributed by atoms with Gasteiger partial charge in [-0.15, -0.1) is 12.4 Å². The molecule has 2 aromatic carbocycles. The van der Waals surface area contributed by atoms with Crippen LogP contribution in [0.4, 0.5) is 4.39 Å². The maximum atomic E-state index is 14.0. The van der Waals surface area contributed by atoms with Gasteiger partial charge in [-0.3, -0.25) is 4.99 Å². The summed E-state index contributed by atoms with van der Waals surface area (Å²) in [7, 11) is -3.55. The van der Waals surface area contributed by atoms with E-state index in [1.54, 1.807) is 22.5 Å². The van der Waals surface area contributed by atoms with Crippen LogP contribution in [0.2, 0.25) is 0 Å². The molecule has 32 heavy (non-hydrogen) atoms. The van der Waals surface area contributed by atoms with Crippen molar-refractivity contribution >= 4 is 28.3 Å². The van der Waals surface area contributed by atoms with E-state index in [4.69, 9.17) is 0 Å². The second-order valence-electron chi connectivity index (χ2n) is 8.36. The molecule has 4 rings (SSSR count). The van der Waals surface area contributed by atoms with Crippen LogP contribution in [-0.4, -0.2) is 50.3 Å². The van der Waals surface area contributed by atoms with E-state index in [1.807, 2.05) is 32.0 Å². The fraction of sp³-hybridized carbons (Fsp3) is 0.435. The molecule has 0 radical (unpaired) electrons. The monoisotopic (exact) mass is 480 g/mol. The Labute approximate surface area is 195 Å². The van der Waals surface area contributed by atoms with Gasteiger partial charge in [0.05, 0.1) is 17.0 Å². The molecule has 2 aromatic rings. The lowest BCUT2D eigenvalue weighted by molar-refractivity contribution is 0.241. The zero-order chi connectivity index (χ0) is 22.1. The fourth-order valence-electron chi connectivity index (χ4n) is 4.49. The Morgan fingerprint density at radius 1 is 1.16 bits per heavy atom. The summed E-state index contributed by atoms with van der Waals surface area (Å²) in [5.41, 5.74) is 1.99. The number of hydrogen-bond donors (Lipinski definition) is 2. The van der Waals surface area contributed by atoms with Crippen LogP contribution in [0.15, 0.2) is 52.4 Å². The van der Waals surface area contributed by atoms with Crippen molar-refractivity contribution in [1.82, 2.24) is 14.9 Å². The van der Waals surface area contributed by atoms with Crippen molar-refractivity contribution in [1.29, 1.82) is 0 Å². The van der Waals surface area contributed by atoms with E-state index in [9.17, 15) is 12.8 Å². The van der Waals surface area contributed by atoms with Gasteiger partial charge in [-0.1, -0.05) is 35.9 Å². The summed E-state index contributed by atoms with van der Waals surface area (Å²) in [5, 5.41) is 6.88.